The van der Waals surface area contributed by atoms with Crippen LogP contribution in [0.5, 0.6) is 0 Å². The van der Waals surface area contributed by atoms with E-state index in [9.17, 15) is 12.8 Å². The number of hydrogen-bond donors (Lipinski definition) is 0. The molecule has 0 saturated carbocycles. The van der Waals surface area contributed by atoms with Gasteiger partial charge in [0.1, 0.15) is 11.6 Å². The Balaban J connectivity index is 2.33. The Morgan fingerprint density at radius 3 is 2.75 bits per heavy atom. The fourth-order valence-corrected chi connectivity index (χ4v) is 2.52. The van der Waals surface area contributed by atoms with E-state index in [1.54, 1.807) is 0 Å². The number of benzene rings is 1. The minimum absolute atomic E-state index is 0.0658. The molecule has 4 nitrogen and oxygen atoms in total. The van der Waals surface area contributed by atoms with Crippen LogP contribution in [0.1, 0.15) is 5.76 Å². The Bertz CT molecular complexity index is 578. The third kappa shape index (κ3) is 2.27. The van der Waals surface area contributed by atoms with E-state index < -0.39 is 15.7 Å². The molecular weight excluding hydrogens is 233 g/mol. The summed E-state index contributed by atoms with van der Waals surface area (Å²) in [4.78, 5) is -0.0658. The highest BCUT2D eigenvalue weighted by Crippen LogP contribution is 2.16. The van der Waals surface area contributed by atoms with Gasteiger partial charge in [0, 0.05) is 6.07 Å². The van der Waals surface area contributed by atoms with Crippen molar-refractivity contribution >= 4 is 9.84 Å². The first-order valence-electron chi connectivity index (χ1n) is 4.46. The van der Waals surface area contributed by atoms with Crippen LogP contribution in [0.25, 0.3) is 0 Å². The summed E-state index contributed by atoms with van der Waals surface area (Å²) in [6.07, 6.45) is 1.36. The van der Waals surface area contributed by atoms with Crippen LogP contribution < -0.4 is 0 Å². The molecule has 0 aliphatic heterocycles. The highest BCUT2D eigenvalue weighted by Gasteiger charge is 2.17. The fraction of sp³-hybridized carbons (Fsp3) is 0.100. The Kier molecular flexibility index (Phi) is 2.74. The van der Waals surface area contributed by atoms with Gasteiger partial charge in [0.15, 0.2) is 15.6 Å². The van der Waals surface area contributed by atoms with Crippen LogP contribution in [0, 0.1) is 5.82 Å². The molecule has 16 heavy (non-hydrogen) atoms. The van der Waals surface area contributed by atoms with Gasteiger partial charge in [-0.2, -0.15) is 0 Å². The Morgan fingerprint density at radius 2 is 2.12 bits per heavy atom. The molecule has 2 aromatic rings. The predicted molar refractivity (Wildman–Crippen MR) is 53.8 cm³/mol. The van der Waals surface area contributed by atoms with Crippen molar-refractivity contribution in [3.63, 3.8) is 0 Å². The van der Waals surface area contributed by atoms with Crippen LogP contribution in [0.4, 0.5) is 4.39 Å². The summed E-state index contributed by atoms with van der Waals surface area (Å²) in [6, 6.07) is 6.31. The lowest BCUT2D eigenvalue weighted by molar-refractivity contribution is 0.392. The van der Waals surface area contributed by atoms with Crippen LogP contribution in [0.3, 0.4) is 0 Å². The maximum Gasteiger partial charge on any atom is 0.185 e. The predicted octanol–water partition coefficient (Wildman–Crippen LogP) is 1.79. The molecule has 0 spiro atoms. The number of sulfone groups is 1. The standard InChI is InChI=1S/C10H8FNO3S/c11-8-2-1-3-10(6-8)16(13,14)7-9-4-5-12-15-9/h1-6H,7H2. The molecule has 1 aromatic heterocycles. The average Bonchev–Trinajstić information content (AvgIpc) is 2.70. The van der Waals surface area contributed by atoms with Gasteiger partial charge in [0.05, 0.1) is 11.1 Å². The number of nitrogens with zero attached hydrogens (tertiary/aromatic N) is 1. The average molecular weight is 241 g/mol. The fourth-order valence-electron chi connectivity index (χ4n) is 1.25. The minimum Gasteiger partial charge on any atom is -0.360 e. The summed E-state index contributed by atoms with van der Waals surface area (Å²) in [7, 11) is -3.58. The summed E-state index contributed by atoms with van der Waals surface area (Å²) in [5.74, 6) is -0.681. The largest absolute Gasteiger partial charge is 0.360 e. The molecule has 0 fully saturated rings. The zero-order valence-electron chi connectivity index (χ0n) is 8.13. The van der Waals surface area contributed by atoms with Crippen molar-refractivity contribution < 1.29 is 17.3 Å². The topological polar surface area (TPSA) is 60.2 Å². The van der Waals surface area contributed by atoms with Gasteiger partial charge in [0.2, 0.25) is 0 Å². The Labute approximate surface area is 91.6 Å². The summed E-state index contributed by atoms with van der Waals surface area (Å²) in [6.45, 7) is 0. The van der Waals surface area contributed by atoms with Crippen molar-refractivity contribution in [2.24, 2.45) is 0 Å². The molecule has 0 saturated heterocycles. The van der Waals surface area contributed by atoms with Gasteiger partial charge in [-0.15, -0.1) is 0 Å². The molecule has 1 aromatic carbocycles. The minimum atomic E-state index is -3.58. The maximum absolute atomic E-state index is 12.9. The van der Waals surface area contributed by atoms with Gasteiger partial charge < -0.3 is 4.52 Å². The first kappa shape index (κ1) is 10.8. The maximum atomic E-state index is 12.9. The van der Waals surface area contributed by atoms with Crippen LogP contribution in [-0.2, 0) is 15.6 Å². The first-order chi connectivity index (χ1) is 7.58. The highest BCUT2D eigenvalue weighted by atomic mass is 32.2. The molecule has 0 aliphatic carbocycles. The smallest absolute Gasteiger partial charge is 0.185 e. The molecular formula is C10H8FNO3S. The summed E-state index contributed by atoms with van der Waals surface area (Å²) >= 11 is 0. The molecule has 0 atom stereocenters. The zero-order chi connectivity index (χ0) is 11.6. The lowest BCUT2D eigenvalue weighted by Crippen LogP contribution is -2.04. The molecule has 84 valence electrons. The van der Waals surface area contributed by atoms with Crippen molar-refractivity contribution in [3.05, 3.63) is 48.1 Å². The quantitative estimate of drug-likeness (QED) is 0.821. The summed E-state index contributed by atoms with van der Waals surface area (Å²) in [5.41, 5.74) is 0. The second-order valence-corrected chi connectivity index (χ2v) is 5.18. The van der Waals surface area contributed by atoms with E-state index in [4.69, 9.17) is 4.52 Å². The number of aromatic nitrogens is 1. The SMILES string of the molecule is O=S(=O)(Cc1ccno1)c1cccc(F)c1. The molecule has 0 bridgehead atoms. The molecule has 0 radical (unpaired) electrons. The highest BCUT2D eigenvalue weighted by molar-refractivity contribution is 7.90. The third-order valence-corrected chi connectivity index (χ3v) is 3.62. The van der Waals surface area contributed by atoms with E-state index in [-0.39, 0.29) is 16.4 Å². The van der Waals surface area contributed by atoms with Crippen LogP contribution in [0.15, 0.2) is 45.9 Å². The van der Waals surface area contributed by atoms with Crippen molar-refractivity contribution in [2.75, 3.05) is 0 Å². The van der Waals surface area contributed by atoms with E-state index in [2.05, 4.69) is 5.16 Å². The lowest BCUT2D eigenvalue weighted by Gasteiger charge is -2.01. The van der Waals surface area contributed by atoms with Crippen LogP contribution >= 0.6 is 0 Å². The van der Waals surface area contributed by atoms with Gasteiger partial charge in [0.25, 0.3) is 0 Å². The van der Waals surface area contributed by atoms with Crippen LogP contribution in [0.2, 0.25) is 0 Å². The van der Waals surface area contributed by atoms with Gasteiger partial charge in [-0.1, -0.05) is 11.2 Å². The number of halogens is 1. The number of rotatable bonds is 3. The first-order valence-corrected chi connectivity index (χ1v) is 6.11. The molecule has 0 aliphatic rings. The van der Waals surface area contributed by atoms with E-state index in [1.807, 2.05) is 0 Å². The Morgan fingerprint density at radius 1 is 1.31 bits per heavy atom. The monoisotopic (exact) mass is 241 g/mol. The van der Waals surface area contributed by atoms with Crippen molar-refractivity contribution in [2.45, 2.75) is 10.6 Å². The number of hydrogen-bond acceptors (Lipinski definition) is 4. The normalized spacial score (nSPS) is 11.6. The van der Waals surface area contributed by atoms with E-state index in [1.165, 1.54) is 30.5 Å². The second-order valence-electron chi connectivity index (χ2n) is 3.20. The lowest BCUT2D eigenvalue weighted by atomic mass is 10.4. The van der Waals surface area contributed by atoms with Gasteiger partial charge in [-0.3, -0.25) is 0 Å². The van der Waals surface area contributed by atoms with E-state index in [0.29, 0.717) is 0 Å². The van der Waals surface area contributed by atoms with Gasteiger partial charge >= 0.3 is 0 Å². The Hall–Kier alpha value is -1.69. The molecule has 1 heterocycles. The third-order valence-electron chi connectivity index (χ3n) is 1.98. The molecule has 0 amide bonds. The van der Waals surface area contributed by atoms with Gasteiger partial charge in [-0.05, 0) is 18.2 Å². The van der Waals surface area contributed by atoms with E-state index in [0.717, 1.165) is 6.07 Å². The summed E-state index contributed by atoms with van der Waals surface area (Å²) in [5, 5.41) is 3.40. The van der Waals surface area contributed by atoms with Crippen molar-refractivity contribution in [1.82, 2.24) is 5.16 Å². The van der Waals surface area contributed by atoms with Crippen molar-refractivity contribution in [1.29, 1.82) is 0 Å². The molecule has 0 unspecified atom stereocenters. The van der Waals surface area contributed by atoms with Crippen molar-refractivity contribution in [3.8, 4) is 0 Å². The summed E-state index contributed by atoms with van der Waals surface area (Å²) < 4.78 is 41.2. The second kappa shape index (κ2) is 4.05. The molecule has 0 N–H and O–H groups in total. The molecule has 6 heteroatoms. The van der Waals surface area contributed by atoms with E-state index >= 15 is 0 Å². The molecule has 2 rings (SSSR count). The van der Waals surface area contributed by atoms with Crippen LogP contribution in [-0.4, -0.2) is 13.6 Å². The zero-order valence-corrected chi connectivity index (χ0v) is 8.95. The van der Waals surface area contributed by atoms with Gasteiger partial charge in [-0.25, -0.2) is 12.8 Å².